The van der Waals surface area contributed by atoms with Gasteiger partial charge in [0.05, 0.1) is 12.3 Å². The fourth-order valence-electron chi connectivity index (χ4n) is 2.35. The average molecular weight is 268 g/mol. The highest BCUT2D eigenvalue weighted by Crippen LogP contribution is 2.21. The highest BCUT2D eigenvalue weighted by atomic mass is 32.1. The molecule has 2 heterocycles. The van der Waals surface area contributed by atoms with Crippen molar-refractivity contribution in [1.82, 2.24) is 4.90 Å². The minimum Gasteiger partial charge on any atom is -0.461 e. The molecular weight excluding hydrogens is 248 g/mol. The molecular formula is C13H20N2O2S. The molecule has 1 fully saturated rings. The second kappa shape index (κ2) is 6.20. The molecule has 1 aromatic rings. The van der Waals surface area contributed by atoms with E-state index in [0.717, 1.165) is 13.0 Å². The highest BCUT2D eigenvalue weighted by Gasteiger charge is 2.19. The molecule has 1 aliphatic heterocycles. The summed E-state index contributed by atoms with van der Waals surface area (Å²) >= 11 is 1.33. The monoisotopic (exact) mass is 268 g/mol. The van der Waals surface area contributed by atoms with Crippen molar-refractivity contribution in [3.05, 3.63) is 16.3 Å². The lowest BCUT2D eigenvalue weighted by molar-refractivity contribution is 0.0457. The van der Waals surface area contributed by atoms with Gasteiger partial charge in [0, 0.05) is 6.04 Å². The number of nitrogens with two attached hydrogens (primary N) is 1. The third kappa shape index (κ3) is 3.23. The number of hydrogen-bond acceptors (Lipinski definition) is 5. The number of ether oxygens (including phenoxy) is 1. The van der Waals surface area contributed by atoms with Gasteiger partial charge in [0.25, 0.3) is 0 Å². The largest absolute Gasteiger partial charge is 0.461 e. The molecule has 4 nitrogen and oxygen atoms in total. The van der Waals surface area contributed by atoms with Crippen molar-refractivity contribution in [2.75, 3.05) is 25.9 Å². The van der Waals surface area contributed by atoms with Crippen LogP contribution in [0.2, 0.25) is 0 Å². The Morgan fingerprint density at radius 3 is 3.11 bits per heavy atom. The molecule has 1 aliphatic rings. The van der Waals surface area contributed by atoms with Crippen molar-refractivity contribution < 1.29 is 9.53 Å². The Kier molecular flexibility index (Phi) is 4.60. The number of anilines is 1. The second-order valence-electron chi connectivity index (χ2n) is 4.76. The summed E-state index contributed by atoms with van der Waals surface area (Å²) in [5.74, 6) is -0.291. The van der Waals surface area contributed by atoms with Gasteiger partial charge in [0.15, 0.2) is 0 Å². The van der Waals surface area contributed by atoms with Gasteiger partial charge < -0.3 is 15.4 Å². The maximum Gasteiger partial charge on any atom is 0.350 e. The SMILES string of the molecule is CN1CCCCC1CCOC(=O)c1sccc1N. The standard InChI is InChI=1S/C13H20N2O2S/c1-15-7-3-2-4-10(15)5-8-17-13(16)12-11(14)6-9-18-12/h6,9-10H,2-5,7-8,14H2,1H3. The van der Waals surface area contributed by atoms with E-state index in [9.17, 15) is 4.79 Å². The zero-order valence-corrected chi connectivity index (χ0v) is 11.5. The van der Waals surface area contributed by atoms with Crippen LogP contribution in [-0.4, -0.2) is 37.1 Å². The van der Waals surface area contributed by atoms with E-state index in [-0.39, 0.29) is 5.97 Å². The number of piperidine rings is 1. The van der Waals surface area contributed by atoms with E-state index in [0.29, 0.717) is 23.2 Å². The van der Waals surface area contributed by atoms with E-state index in [1.54, 1.807) is 11.4 Å². The number of carbonyl (C=O) groups is 1. The van der Waals surface area contributed by atoms with Gasteiger partial charge in [-0.25, -0.2) is 4.79 Å². The molecule has 0 saturated carbocycles. The molecule has 0 aliphatic carbocycles. The third-order valence-corrected chi connectivity index (χ3v) is 4.40. The molecule has 1 saturated heterocycles. The van der Waals surface area contributed by atoms with E-state index in [2.05, 4.69) is 11.9 Å². The van der Waals surface area contributed by atoms with Crippen molar-refractivity contribution in [1.29, 1.82) is 0 Å². The number of esters is 1. The Morgan fingerprint density at radius 1 is 1.61 bits per heavy atom. The van der Waals surface area contributed by atoms with Crippen molar-refractivity contribution in [3.63, 3.8) is 0 Å². The van der Waals surface area contributed by atoms with Gasteiger partial charge in [-0.1, -0.05) is 6.42 Å². The number of nitrogens with zero attached hydrogens (tertiary/aromatic N) is 1. The Balaban J connectivity index is 1.75. The van der Waals surface area contributed by atoms with Crippen LogP contribution in [0.4, 0.5) is 5.69 Å². The summed E-state index contributed by atoms with van der Waals surface area (Å²) in [5.41, 5.74) is 6.19. The molecule has 0 radical (unpaired) electrons. The summed E-state index contributed by atoms with van der Waals surface area (Å²) < 4.78 is 5.28. The van der Waals surface area contributed by atoms with Crippen LogP contribution in [-0.2, 0) is 4.74 Å². The summed E-state index contributed by atoms with van der Waals surface area (Å²) in [6.45, 7) is 1.63. The Hall–Kier alpha value is -1.07. The normalized spacial score (nSPS) is 20.8. The van der Waals surface area contributed by atoms with Crippen LogP contribution < -0.4 is 5.73 Å². The van der Waals surface area contributed by atoms with Crippen LogP contribution in [0.25, 0.3) is 0 Å². The van der Waals surface area contributed by atoms with E-state index in [1.807, 2.05) is 0 Å². The maximum atomic E-state index is 11.7. The zero-order chi connectivity index (χ0) is 13.0. The van der Waals surface area contributed by atoms with Crippen molar-refractivity contribution in [2.24, 2.45) is 0 Å². The van der Waals surface area contributed by atoms with Gasteiger partial charge in [-0.3, -0.25) is 0 Å². The molecule has 0 aromatic carbocycles. The van der Waals surface area contributed by atoms with Crippen molar-refractivity contribution in [2.45, 2.75) is 31.7 Å². The van der Waals surface area contributed by atoms with Gasteiger partial charge in [0.2, 0.25) is 0 Å². The lowest BCUT2D eigenvalue weighted by Crippen LogP contribution is -2.37. The van der Waals surface area contributed by atoms with E-state index < -0.39 is 0 Å². The molecule has 0 amide bonds. The molecule has 1 aromatic heterocycles. The topological polar surface area (TPSA) is 55.6 Å². The first-order valence-electron chi connectivity index (χ1n) is 6.39. The number of carbonyl (C=O) groups excluding carboxylic acids is 1. The van der Waals surface area contributed by atoms with Gasteiger partial charge in [-0.05, 0) is 44.3 Å². The highest BCUT2D eigenvalue weighted by molar-refractivity contribution is 7.12. The molecule has 5 heteroatoms. The van der Waals surface area contributed by atoms with Gasteiger partial charge in [-0.15, -0.1) is 11.3 Å². The fraction of sp³-hybridized carbons (Fsp3) is 0.615. The molecule has 0 spiro atoms. The Morgan fingerprint density at radius 2 is 2.44 bits per heavy atom. The minimum atomic E-state index is -0.291. The molecule has 100 valence electrons. The summed E-state index contributed by atoms with van der Waals surface area (Å²) in [7, 11) is 2.14. The first-order chi connectivity index (χ1) is 8.68. The van der Waals surface area contributed by atoms with Crippen LogP contribution in [0.1, 0.15) is 35.4 Å². The molecule has 2 N–H and O–H groups in total. The number of rotatable bonds is 4. The maximum absolute atomic E-state index is 11.7. The first kappa shape index (κ1) is 13.4. The van der Waals surface area contributed by atoms with Gasteiger partial charge in [-0.2, -0.15) is 0 Å². The van der Waals surface area contributed by atoms with Crippen LogP contribution >= 0.6 is 11.3 Å². The Labute approximate surface area is 112 Å². The van der Waals surface area contributed by atoms with Gasteiger partial charge >= 0.3 is 5.97 Å². The summed E-state index contributed by atoms with van der Waals surface area (Å²) in [6.07, 6.45) is 4.67. The third-order valence-electron chi connectivity index (χ3n) is 3.49. The lowest BCUT2D eigenvalue weighted by Gasteiger charge is -2.32. The predicted octanol–water partition coefficient (Wildman–Crippen LogP) is 2.36. The first-order valence-corrected chi connectivity index (χ1v) is 7.27. The summed E-state index contributed by atoms with van der Waals surface area (Å²) in [6, 6.07) is 2.28. The second-order valence-corrected chi connectivity index (χ2v) is 5.68. The number of hydrogen-bond donors (Lipinski definition) is 1. The van der Waals surface area contributed by atoms with E-state index in [1.165, 1.54) is 30.6 Å². The summed E-state index contributed by atoms with van der Waals surface area (Å²) in [5, 5.41) is 1.81. The number of likely N-dealkylation sites (tertiary alicyclic amines) is 1. The zero-order valence-electron chi connectivity index (χ0n) is 10.7. The predicted molar refractivity (Wildman–Crippen MR) is 73.9 cm³/mol. The molecule has 1 atom stereocenters. The molecule has 18 heavy (non-hydrogen) atoms. The lowest BCUT2D eigenvalue weighted by atomic mass is 10.0. The quantitative estimate of drug-likeness (QED) is 0.852. The number of nitrogen functional groups attached to an aromatic ring is 1. The Bertz CT molecular complexity index is 405. The minimum absolute atomic E-state index is 0.291. The molecule has 2 rings (SSSR count). The van der Waals surface area contributed by atoms with Crippen LogP contribution in [0.3, 0.4) is 0 Å². The van der Waals surface area contributed by atoms with Gasteiger partial charge in [0.1, 0.15) is 4.88 Å². The molecule has 0 bridgehead atoms. The van der Waals surface area contributed by atoms with Crippen molar-refractivity contribution in [3.8, 4) is 0 Å². The molecule has 1 unspecified atom stereocenters. The average Bonchev–Trinajstić information content (AvgIpc) is 2.78. The number of thiophene rings is 1. The van der Waals surface area contributed by atoms with Crippen LogP contribution in [0, 0.1) is 0 Å². The smallest absolute Gasteiger partial charge is 0.350 e. The van der Waals surface area contributed by atoms with E-state index >= 15 is 0 Å². The van der Waals surface area contributed by atoms with Crippen LogP contribution in [0.15, 0.2) is 11.4 Å². The van der Waals surface area contributed by atoms with E-state index in [4.69, 9.17) is 10.5 Å². The van der Waals surface area contributed by atoms with Crippen molar-refractivity contribution >= 4 is 23.0 Å². The summed E-state index contributed by atoms with van der Waals surface area (Å²) in [4.78, 5) is 14.6. The van der Waals surface area contributed by atoms with Crippen LogP contribution in [0.5, 0.6) is 0 Å². The fourth-order valence-corrected chi connectivity index (χ4v) is 3.06.